The van der Waals surface area contributed by atoms with Gasteiger partial charge in [-0.15, -0.1) is 0 Å². The number of hydrogen-bond acceptors (Lipinski definition) is 9. The molecule has 9 nitrogen and oxygen atoms in total. The molecule has 11 heteroatoms. The lowest BCUT2D eigenvalue weighted by molar-refractivity contribution is -0.153. The van der Waals surface area contributed by atoms with Gasteiger partial charge in [0.25, 0.3) is 0 Å². The maximum absolute atomic E-state index is 13.1. The van der Waals surface area contributed by atoms with Crippen molar-refractivity contribution in [1.29, 1.82) is 0 Å². The smallest absolute Gasteiger partial charge is 0.305 e. The average Bonchev–Trinajstić information content (AvgIpc) is 3.36. The van der Waals surface area contributed by atoms with Gasteiger partial charge < -0.3 is 24.3 Å². The Kier molecular flexibility index (Phi) is 51.0. The average molecular weight is 1050 g/mol. The van der Waals surface area contributed by atoms with E-state index in [-0.39, 0.29) is 69.4 Å². The topological polar surface area (TPSA) is 125 Å². The fraction of sp³-hybridized carbons (Fsp3) is 0.754. The number of aldehydes is 1. The maximum Gasteiger partial charge on any atom is 0.305 e. The molecule has 1 unspecified atom stereocenters. The van der Waals surface area contributed by atoms with Crippen molar-refractivity contribution in [3.05, 3.63) is 72.9 Å². The van der Waals surface area contributed by atoms with Gasteiger partial charge in [-0.1, -0.05) is 190 Å². The number of carbonyl (C=O) groups is 3. The Morgan fingerprint density at radius 3 is 1.19 bits per heavy atom. The summed E-state index contributed by atoms with van der Waals surface area (Å²) in [4.78, 5) is 38.4. The number of nitrogens with one attached hydrogen (secondary N) is 1. The molecular formula is C61H106ClNO8S. The molecular weight excluding hydrogens is 942 g/mol. The highest BCUT2D eigenvalue weighted by Crippen LogP contribution is 2.17. The molecule has 0 bridgehead atoms. The molecule has 0 radical (unpaired) electrons. The molecule has 0 rings (SSSR count). The maximum atomic E-state index is 13.1. The second kappa shape index (κ2) is 53.1. The molecule has 0 amide bonds. The third kappa shape index (κ3) is 50.7. The Bertz CT molecular complexity index is 1490. The monoisotopic (exact) mass is 1050 g/mol. The van der Waals surface area contributed by atoms with Gasteiger partial charge in [0.05, 0.1) is 19.0 Å². The van der Waals surface area contributed by atoms with Gasteiger partial charge in [0, 0.05) is 36.0 Å². The molecule has 0 aromatic carbocycles. The molecule has 1 N–H and O–H groups in total. The van der Waals surface area contributed by atoms with Gasteiger partial charge in [-0.05, 0) is 116 Å². The number of ether oxygens (including phenoxy) is 3. The van der Waals surface area contributed by atoms with E-state index in [9.17, 15) is 22.8 Å². The predicted octanol–water partition coefficient (Wildman–Crippen LogP) is 16.9. The van der Waals surface area contributed by atoms with E-state index in [1.54, 1.807) is 0 Å². The first-order chi connectivity index (χ1) is 35.1. The van der Waals surface area contributed by atoms with Crippen molar-refractivity contribution in [1.82, 2.24) is 5.32 Å². The Hall–Kier alpha value is -2.79. The standard InChI is InChI=1S/C61H106ClNO8S/c1-4-7-10-13-16-19-22-25-28-31-34-37-40-43-46-49-59(65)70-56-61(63-51-52-72(62,67)68,57-71-60(66)50-47-44-41-38-35-32-29-26-23-20-17-14-11-8-5-2)55-69-54-58(53-64)48-45-42-39-36-33-30-27-24-21-18-15-12-9-6-3/h16-21,25-30,53,58,63H,4-15,22-24,31-52,54-57H2,1-3H3/b19-16-,20-17-,21-18-,28-25-,29-26-,30-27-. The Morgan fingerprint density at radius 1 is 0.486 bits per heavy atom. The van der Waals surface area contributed by atoms with Crippen LogP contribution in [0.1, 0.15) is 245 Å². The highest BCUT2D eigenvalue weighted by molar-refractivity contribution is 8.13. The largest absolute Gasteiger partial charge is 0.463 e. The number of carbonyl (C=O) groups excluding carboxylic acids is 3. The van der Waals surface area contributed by atoms with E-state index >= 15 is 0 Å². The van der Waals surface area contributed by atoms with Crippen LogP contribution in [0, 0.1) is 5.92 Å². The fourth-order valence-electron chi connectivity index (χ4n) is 8.10. The van der Waals surface area contributed by atoms with Crippen molar-refractivity contribution < 1.29 is 37.0 Å². The normalized spacial score (nSPS) is 13.1. The third-order valence-corrected chi connectivity index (χ3v) is 13.9. The van der Waals surface area contributed by atoms with E-state index in [0.29, 0.717) is 19.3 Å². The van der Waals surface area contributed by atoms with Gasteiger partial charge in [0.15, 0.2) is 0 Å². The summed E-state index contributed by atoms with van der Waals surface area (Å²) < 4.78 is 41.7. The second-order valence-electron chi connectivity index (χ2n) is 19.8. The van der Waals surface area contributed by atoms with E-state index in [1.807, 2.05) is 0 Å². The molecule has 0 fully saturated rings. The van der Waals surface area contributed by atoms with Crippen LogP contribution in [0.2, 0.25) is 0 Å². The first-order valence-electron chi connectivity index (χ1n) is 29.0. The summed E-state index contributed by atoms with van der Waals surface area (Å²) in [5.41, 5.74) is -1.25. The molecule has 416 valence electrons. The molecule has 0 aromatic rings. The lowest BCUT2D eigenvalue weighted by Gasteiger charge is -2.34. The van der Waals surface area contributed by atoms with Gasteiger partial charge in [0.2, 0.25) is 9.05 Å². The van der Waals surface area contributed by atoms with Gasteiger partial charge in [-0.3, -0.25) is 9.59 Å². The number of halogens is 1. The van der Waals surface area contributed by atoms with Gasteiger partial charge in [-0.2, -0.15) is 0 Å². The number of esters is 2. The number of unbranched alkanes of at least 4 members (excludes halogenated alkanes) is 23. The minimum absolute atomic E-state index is 0.0755. The molecule has 1 atom stereocenters. The van der Waals surface area contributed by atoms with Gasteiger partial charge >= 0.3 is 11.9 Å². The molecule has 0 saturated carbocycles. The molecule has 0 aromatic heterocycles. The highest BCUT2D eigenvalue weighted by Gasteiger charge is 2.35. The van der Waals surface area contributed by atoms with Crippen LogP contribution in [-0.2, 0) is 37.6 Å². The SMILES string of the molecule is CCCCC/C=C\C/C=C\CCCCCCCC(=O)OCC(COCC(C=O)CCCCCC/C=C\C/C=C\CCCCC)(COC(=O)CCCCCCC/C=C\C/C=C\CCCCC)NCCS(=O)(=O)Cl. The van der Waals surface area contributed by atoms with E-state index in [4.69, 9.17) is 24.9 Å². The van der Waals surface area contributed by atoms with Crippen molar-refractivity contribution in [2.45, 2.75) is 251 Å². The zero-order valence-corrected chi connectivity index (χ0v) is 47.7. The number of rotatable bonds is 54. The van der Waals surface area contributed by atoms with Crippen LogP contribution >= 0.6 is 10.7 Å². The second-order valence-corrected chi connectivity index (χ2v) is 22.7. The number of hydrogen-bond donors (Lipinski definition) is 1. The van der Waals surface area contributed by atoms with Crippen molar-refractivity contribution in [3.63, 3.8) is 0 Å². The summed E-state index contributed by atoms with van der Waals surface area (Å²) in [6.45, 7) is 6.24. The van der Waals surface area contributed by atoms with Crippen LogP contribution in [0.25, 0.3) is 0 Å². The van der Waals surface area contributed by atoms with Gasteiger partial charge in [0.1, 0.15) is 25.0 Å². The van der Waals surface area contributed by atoms with E-state index in [1.165, 1.54) is 57.8 Å². The minimum atomic E-state index is -3.85. The molecule has 0 aliphatic rings. The Morgan fingerprint density at radius 2 is 0.833 bits per heavy atom. The molecule has 0 heterocycles. The van der Waals surface area contributed by atoms with Crippen LogP contribution in [0.4, 0.5) is 0 Å². The molecule has 72 heavy (non-hydrogen) atoms. The summed E-state index contributed by atoms with van der Waals surface area (Å²) in [7, 11) is 1.74. The van der Waals surface area contributed by atoms with Crippen molar-refractivity contribution >= 4 is 38.0 Å². The minimum Gasteiger partial charge on any atom is -0.463 e. The lowest BCUT2D eigenvalue weighted by atomic mass is 10.0. The Balaban J connectivity index is 5.24. The molecule has 0 spiro atoms. The van der Waals surface area contributed by atoms with Crippen molar-refractivity contribution in [2.24, 2.45) is 5.92 Å². The van der Waals surface area contributed by atoms with Crippen LogP contribution < -0.4 is 5.32 Å². The van der Waals surface area contributed by atoms with Gasteiger partial charge in [-0.25, -0.2) is 8.42 Å². The third-order valence-electron chi connectivity index (χ3n) is 12.7. The van der Waals surface area contributed by atoms with Crippen molar-refractivity contribution in [3.8, 4) is 0 Å². The predicted molar refractivity (Wildman–Crippen MR) is 306 cm³/mol. The summed E-state index contributed by atoms with van der Waals surface area (Å²) >= 11 is 0. The zero-order valence-electron chi connectivity index (χ0n) is 46.1. The van der Waals surface area contributed by atoms with E-state index < -0.39 is 14.6 Å². The molecule has 0 aliphatic heterocycles. The molecule has 0 aliphatic carbocycles. The summed E-state index contributed by atoms with van der Waals surface area (Å²) in [5.74, 6) is -1.50. The fourth-order valence-corrected chi connectivity index (χ4v) is 8.67. The Labute approximate surface area is 446 Å². The van der Waals surface area contributed by atoms with Crippen LogP contribution in [0.3, 0.4) is 0 Å². The van der Waals surface area contributed by atoms with Crippen molar-refractivity contribution in [2.75, 3.05) is 38.7 Å². The zero-order chi connectivity index (χ0) is 52.7. The van der Waals surface area contributed by atoms with Crippen LogP contribution in [0.15, 0.2) is 72.9 Å². The van der Waals surface area contributed by atoms with Crippen LogP contribution in [0.5, 0.6) is 0 Å². The lowest BCUT2D eigenvalue weighted by Crippen LogP contribution is -2.58. The van der Waals surface area contributed by atoms with E-state index in [0.717, 1.165) is 141 Å². The quantitative estimate of drug-likeness (QED) is 0.0208. The first-order valence-corrected chi connectivity index (χ1v) is 31.5. The number of allylic oxidation sites excluding steroid dienone is 12. The molecule has 0 saturated heterocycles. The summed E-state index contributed by atoms with van der Waals surface area (Å²) in [6.07, 6.45) is 63.9. The van der Waals surface area contributed by atoms with Crippen LogP contribution in [-0.4, -0.2) is 70.9 Å². The van der Waals surface area contributed by atoms with E-state index in [2.05, 4.69) is 99.0 Å². The highest BCUT2D eigenvalue weighted by atomic mass is 35.7. The first kappa shape index (κ1) is 69.2. The summed E-state index contributed by atoms with van der Waals surface area (Å²) in [5, 5.41) is 3.18. The summed E-state index contributed by atoms with van der Waals surface area (Å²) in [6, 6.07) is 0.